The molecule has 1 aliphatic rings. The summed E-state index contributed by atoms with van der Waals surface area (Å²) in [5, 5.41) is 7.53. The summed E-state index contributed by atoms with van der Waals surface area (Å²) in [6.45, 7) is 3.79. The molecule has 1 N–H and O–H groups in total. The SMILES string of the molecule is C[C@H]1Cn2cc(F)c3nc(NCc4cnn(Cc5ccc(F)cc5)c4)nc(c32)N1C. The van der Waals surface area contributed by atoms with E-state index >= 15 is 0 Å². The third-order valence-electron chi connectivity index (χ3n) is 5.50. The molecule has 0 bridgehead atoms. The lowest BCUT2D eigenvalue weighted by Crippen LogP contribution is -2.37. The van der Waals surface area contributed by atoms with Gasteiger partial charge >= 0.3 is 0 Å². The molecule has 0 unspecified atom stereocenters. The molecule has 0 aliphatic carbocycles. The number of halogens is 2. The zero-order valence-corrected chi connectivity index (χ0v) is 16.7. The van der Waals surface area contributed by atoms with Crippen LogP contribution in [-0.2, 0) is 19.6 Å². The molecule has 0 saturated carbocycles. The van der Waals surface area contributed by atoms with E-state index in [-0.39, 0.29) is 17.7 Å². The second-order valence-corrected chi connectivity index (χ2v) is 7.68. The molecule has 9 heteroatoms. The highest BCUT2D eigenvalue weighted by Gasteiger charge is 2.27. The highest BCUT2D eigenvalue weighted by Crippen LogP contribution is 2.33. The van der Waals surface area contributed by atoms with Crippen molar-refractivity contribution in [3.8, 4) is 0 Å². The molecule has 3 aromatic heterocycles. The van der Waals surface area contributed by atoms with Gasteiger partial charge in [0.1, 0.15) is 16.9 Å². The fourth-order valence-corrected chi connectivity index (χ4v) is 3.76. The van der Waals surface area contributed by atoms with Crippen LogP contribution in [0.2, 0.25) is 0 Å². The molecule has 4 heterocycles. The molecule has 1 atom stereocenters. The Morgan fingerprint density at radius 3 is 2.70 bits per heavy atom. The van der Waals surface area contributed by atoms with Gasteiger partial charge in [0, 0.05) is 44.1 Å². The summed E-state index contributed by atoms with van der Waals surface area (Å²) in [5.74, 6) is 0.497. The highest BCUT2D eigenvalue weighted by atomic mass is 19.1. The molecule has 5 rings (SSSR count). The lowest BCUT2D eigenvalue weighted by atomic mass is 10.2. The molecule has 0 fully saturated rings. The van der Waals surface area contributed by atoms with Crippen LogP contribution in [0.1, 0.15) is 18.1 Å². The van der Waals surface area contributed by atoms with E-state index < -0.39 is 0 Å². The van der Waals surface area contributed by atoms with Crippen LogP contribution in [0.25, 0.3) is 11.0 Å². The minimum absolute atomic E-state index is 0.208. The molecule has 0 radical (unpaired) electrons. The molecule has 0 spiro atoms. The molecule has 0 saturated heterocycles. The van der Waals surface area contributed by atoms with E-state index in [0.717, 1.165) is 22.5 Å². The number of hydrogen-bond donors (Lipinski definition) is 1. The Morgan fingerprint density at radius 2 is 1.90 bits per heavy atom. The molecular weight excluding hydrogens is 388 g/mol. The Labute approximate surface area is 172 Å². The van der Waals surface area contributed by atoms with E-state index in [0.29, 0.717) is 31.1 Å². The van der Waals surface area contributed by atoms with E-state index in [1.54, 1.807) is 23.0 Å². The van der Waals surface area contributed by atoms with Crippen LogP contribution in [0.3, 0.4) is 0 Å². The zero-order chi connectivity index (χ0) is 20.8. The van der Waals surface area contributed by atoms with Crippen molar-refractivity contribution >= 4 is 22.8 Å². The van der Waals surface area contributed by atoms with Gasteiger partial charge in [-0.05, 0) is 24.6 Å². The smallest absolute Gasteiger partial charge is 0.225 e. The molecule has 0 amide bonds. The maximum absolute atomic E-state index is 14.4. The average Bonchev–Trinajstić information content (AvgIpc) is 3.31. The second kappa shape index (κ2) is 7.08. The van der Waals surface area contributed by atoms with Crippen LogP contribution >= 0.6 is 0 Å². The minimum atomic E-state index is -0.341. The monoisotopic (exact) mass is 409 g/mol. The number of aromatic nitrogens is 5. The first-order valence-electron chi connectivity index (χ1n) is 9.77. The number of hydrogen-bond acceptors (Lipinski definition) is 5. The first kappa shape index (κ1) is 18.5. The number of anilines is 2. The summed E-state index contributed by atoms with van der Waals surface area (Å²) in [6, 6.07) is 6.56. The topological polar surface area (TPSA) is 63.8 Å². The number of nitrogens with one attached hydrogen (secondary N) is 1. The van der Waals surface area contributed by atoms with Crippen molar-refractivity contribution in [3.63, 3.8) is 0 Å². The summed E-state index contributed by atoms with van der Waals surface area (Å²) in [4.78, 5) is 11.1. The van der Waals surface area contributed by atoms with Crippen LogP contribution < -0.4 is 10.2 Å². The summed E-state index contributed by atoms with van der Waals surface area (Å²) >= 11 is 0. The zero-order valence-electron chi connectivity index (χ0n) is 16.7. The summed E-state index contributed by atoms with van der Waals surface area (Å²) in [5.41, 5.74) is 2.96. The van der Waals surface area contributed by atoms with Crippen molar-refractivity contribution in [3.05, 3.63) is 65.6 Å². The van der Waals surface area contributed by atoms with Crippen molar-refractivity contribution in [1.82, 2.24) is 24.3 Å². The van der Waals surface area contributed by atoms with E-state index in [4.69, 9.17) is 0 Å². The lowest BCUT2D eigenvalue weighted by Gasteiger charge is -2.32. The Bertz CT molecular complexity index is 1210. The molecule has 1 aliphatic heterocycles. The summed E-state index contributed by atoms with van der Waals surface area (Å²) < 4.78 is 31.2. The maximum Gasteiger partial charge on any atom is 0.225 e. The third-order valence-corrected chi connectivity index (χ3v) is 5.50. The summed E-state index contributed by atoms with van der Waals surface area (Å²) in [7, 11) is 1.96. The quantitative estimate of drug-likeness (QED) is 0.547. The van der Waals surface area contributed by atoms with Gasteiger partial charge in [0.15, 0.2) is 11.6 Å². The van der Waals surface area contributed by atoms with Crippen LogP contribution in [0, 0.1) is 11.6 Å². The van der Waals surface area contributed by atoms with Gasteiger partial charge in [0.2, 0.25) is 5.95 Å². The van der Waals surface area contributed by atoms with Crippen molar-refractivity contribution in [2.24, 2.45) is 0 Å². The molecule has 4 aromatic rings. The number of benzene rings is 1. The Kier molecular flexibility index (Phi) is 4.38. The van der Waals surface area contributed by atoms with E-state index in [1.165, 1.54) is 18.3 Å². The second-order valence-electron chi connectivity index (χ2n) is 7.68. The van der Waals surface area contributed by atoms with Gasteiger partial charge < -0.3 is 14.8 Å². The predicted octanol–water partition coefficient (Wildman–Crippen LogP) is 3.40. The van der Waals surface area contributed by atoms with Gasteiger partial charge in [0.05, 0.1) is 12.7 Å². The number of nitrogens with zero attached hydrogens (tertiary/aromatic N) is 6. The molecule has 7 nitrogen and oxygen atoms in total. The normalized spacial score (nSPS) is 15.7. The van der Waals surface area contributed by atoms with Crippen LogP contribution in [0.4, 0.5) is 20.5 Å². The highest BCUT2D eigenvalue weighted by molar-refractivity contribution is 5.89. The van der Waals surface area contributed by atoms with Gasteiger partial charge in [0.25, 0.3) is 0 Å². The third kappa shape index (κ3) is 3.26. The van der Waals surface area contributed by atoms with Crippen molar-refractivity contribution in [2.75, 3.05) is 17.3 Å². The van der Waals surface area contributed by atoms with Gasteiger partial charge in [-0.25, -0.2) is 13.8 Å². The fourth-order valence-electron chi connectivity index (χ4n) is 3.76. The maximum atomic E-state index is 14.4. The fraction of sp³-hybridized carbons (Fsp3) is 0.286. The van der Waals surface area contributed by atoms with Gasteiger partial charge in [-0.3, -0.25) is 4.68 Å². The number of likely N-dealkylation sites (N-methyl/N-ethyl adjacent to an activating group) is 1. The molecular formula is C21H21F2N7. The van der Waals surface area contributed by atoms with Gasteiger partial charge in [-0.2, -0.15) is 10.1 Å². The van der Waals surface area contributed by atoms with Gasteiger partial charge in [-0.1, -0.05) is 12.1 Å². The first-order valence-corrected chi connectivity index (χ1v) is 9.77. The van der Waals surface area contributed by atoms with E-state index in [9.17, 15) is 8.78 Å². The molecule has 1 aromatic carbocycles. The minimum Gasteiger partial charge on any atom is -0.353 e. The Hall–Kier alpha value is -3.49. The first-order chi connectivity index (χ1) is 14.5. The number of rotatable bonds is 5. The largest absolute Gasteiger partial charge is 0.353 e. The van der Waals surface area contributed by atoms with Crippen molar-refractivity contribution in [1.29, 1.82) is 0 Å². The van der Waals surface area contributed by atoms with Crippen LogP contribution in [-0.4, -0.2) is 37.4 Å². The summed E-state index contributed by atoms with van der Waals surface area (Å²) in [6.07, 6.45) is 5.16. The Balaban J connectivity index is 1.34. The predicted molar refractivity (Wildman–Crippen MR) is 110 cm³/mol. The molecule has 30 heavy (non-hydrogen) atoms. The van der Waals surface area contributed by atoms with E-state index in [1.807, 2.05) is 17.8 Å². The van der Waals surface area contributed by atoms with Crippen LogP contribution in [0.15, 0.2) is 42.9 Å². The van der Waals surface area contributed by atoms with Crippen LogP contribution in [0.5, 0.6) is 0 Å². The Morgan fingerprint density at radius 1 is 1.10 bits per heavy atom. The average molecular weight is 409 g/mol. The molecule has 154 valence electrons. The van der Waals surface area contributed by atoms with Gasteiger partial charge in [-0.15, -0.1) is 0 Å². The van der Waals surface area contributed by atoms with Crippen molar-refractivity contribution in [2.45, 2.75) is 32.6 Å². The lowest BCUT2D eigenvalue weighted by molar-refractivity contribution is 0.545. The standard InChI is InChI=1S/C21H21F2N7/c1-13-9-29-12-17(23)18-19(29)20(28(13)2)27-21(26-18)24-7-15-8-25-30(11-15)10-14-3-5-16(22)6-4-14/h3-6,8,11-13H,7,9-10H2,1-2H3,(H,24,26,27)/t13-/m0/s1. The van der Waals surface area contributed by atoms with Crippen molar-refractivity contribution < 1.29 is 8.78 Å². The van der Waals surface area contributed by atoms with E-state index in [2.05, 4.69) is 32.2 Å².